The second kappa shape index (κ2) is 12.1. The maximum atomic E-state index is 13.0. The summed E-state index contributed by atoms with van der Waals surface area (Å²) in [6, 6.07) is 15.5. The number of imide groups is 1. The van der Waals surface area contributed by atoms with Crippen molar-refractivity contribution in [1.82, 2.24) is 4.90 Å². The maximum absolute atomic E-state index is 13.0. The van der Waals surface area contributed by atoms with E-state index in [9.17, 15) is 14.4 Å². The molecule has 0 atom stereocenters. The quantitative estimate of drug-likeness (QED) is 0.279. The van der Waals surface area contributed by atoms with E-state index in [2.05, 4.69) is 5.32 Å². The van der Waals surface area contributed by atoms with Gasteiger partial charge in [0.05, 0.1) is 23.6 Å². The van der Waals surface area contributed by atoms with E-state index >= 15 is 0 Å². The minimum Gasteiger partial charge on any atom is -0.493 e. The van der Waals surface area contributed by atoms with Crippen LogP contribution < -0.4 is 14.8 Å². The molecule has 7 nitrogen and oxygen atoms in total. The van der Waals surface area contributed by atoms with Crippen molar-refractivity contribution in [1.29, 1.82) is 0 Å². The van der Waals surface area contributed by atoms with Crippen LogP contribution in [0, 0.1) is 6.92 Å². The lowest BCUT2D eigenvalue weighted by Crippen LogP contribution is -2.27. The highest BCUT2D eigenvalue weighted by atomic mass is 35.5. The summed E-state index contributed by atoms with van der Waals surface area (Å²) in [4.78, 5) is 39.2. The first-order valence-corrected chi connectivity index (χ1v) is 13.2. The summed E-state index contributed by atoms with van der Waals surface area (Å²) in [5, 5.41) is 3.20. The average molecular weight is 592 g/mol. The molecule has 0 bridgehead atoms. The summed E-state index contributed by atoms with van der Waals surface area (Å²) >= 11 is 19.6. The summed E-state index contributed by atoms with van der Waals surface area (Å²) in [5.41, 5.74) is 2.65. The van der Waals surface area contributed by atoms with Gasteiger partial charge >= 0.3 is 0 Å². The third-order valence-corrected chi connectivity index (χ3v) is 7.35. The van der Waals surface area contributed by atoms with Gasteiger partial charge in [0.2, 0.25) is 0 Å². The zero-order valence-electron chi connectivity index (χ0n) is 20.2. The van der Waals surface area contributed by atoms with Crippen LogP contribution in [0.2, 0.25) is 15.1 Å². The number of carbonyl (C=O) groups is 3. The smallest absolute Gasteiger partial charge is 0.293 e. The lowest BCUT2D eigenvalue weighted by Gasteiger charge is -2.15. The van der Waals surface area contributed by atoms with E-state index in [1.165, 1.54) is 13.2 Å². The van der Waals surface area contributed by atoms with Crippen LogP contribution in [0.3, 0.4) is 0 Å². The highest BCUT2D eigenvalue weighted by Crippen LogP contribution is 2.40. The number of anilines is 1. The number of aryl methyl sites for hydroxylation is 1. The molecule has 1 aliphatic heterocycles. The first-order valence-electron chi connectivity index (χ1n) is 11.2. The summed E-state index contributed by atoms with van der Waals surface area (Å²) in [6.45, 7) is 1.57. The molecule has 3 amide bonds. The van der Waals surface area contributed by atoms with Crippen LogP contribution >= 0.6 is 46.6 Å². The van der Waals surface area contributed by atoms with E-state index in [-0.39, 0.29) is 40.5 Å². The number of halogens is 3. The van der Waals surface area contributed by atoms with Gasteiger partial charge in [-0.25, -0.2) is 0 Å². The fourth-order valence-corrected chi connectivity index (χ4v) is 5.28. The molecule has 4 rings (SSSR count). The molecule has 1 fully saturated rings. The first-order chi connectivity index (χ1) is 18.2. The Balaban J connectivity index is 1.48. The minimum absolute atomic E-state index is 0.0536. The number of hydrogen-bond donors (Lipinski definition) is 1. The third kappa shape index (κ3) is 6.45. The topological polar surface area (TPSA) is 84.9 Å². The predicted octanol–water partition coefficient (Wildman–Crippen LogP) is 7.22. The summed E-state index contributed by atoms with van der Waals surface area (Å²) in [7, 11) is 1.43. The van der Waals surface area contributed by atoms with E-state index in [4.69, 9.17) is 44.3 Å². The second-order valence-electron chi connectivity index (χ2n) is 8.21. The molecule has 0 aromatic heterocycles. The van der Waals surface area contributed by atoms with E-state index in [1.807, 2.05) is 25.1 Å². The number of rotatable bonds is 8. The van der Waals surface area contributed by atoms with Crippen LogP contribution in [0.1, 0.15) is 16.7 Å². The molecule has 196 valence electrons. The fraction of sp³-hybridized carbons (Fsp3) is 0.148. The van der Waals surface area contributed by atoms with E-state index in [0.29, 0.717) is 26.9 Å². The molecule has 1 saturated heterocycles. The van der Waals surface area contributed by atoms with Gasteiger partial charge in [0.25, 0.3) is 17.1 Å². The lowest BCUT2D eigenvalue weighted by molar-refractivity contribution is -0.123. The van der Waals surface area contributed by atoms with Crippen molar-refractivity contribution in [2.45, 2.75) is 13.5 Å². The first kappa shape index (κ1) is 27.9. The van der Waals surface area contributed by atoms with Crippen LogP contribution in [-0.4, -0.2) is 35.7 Å². The zero-order valence-corrected chi connectivity index (χ0v) is 23.3. The lowest BCUT2D eigenvalue weighted by atomic mass is 10.1. The van der Waals surface area contributed by atoms with Gasteiger partial charge in [0.15, 0.2) is 18.1 Å². The number of thioether (sulfide) groups is 1. The Kier molecular flexibility index (Phi) is 8.89. The number of ether oxygens (including phenoxy) is 2. The molecule has 1 N–H and O–H groups in total. The standard InChI is InChI=1S/C27H21Cl3N2O5S/c1-15-5-3-6-17(9-15)31-24(33)14-37-25-21(30)10-16(11-22(25)36-2)12-23-26(34)32(27(35)38-23)13-18-19(28)7-4-8-20(18)29/h3-12H,13-14H2,1-2H3,(H,31,33)/b23-12-. The summed E-state index contributed by atoms with van der Waals surface area (Å²) in [6.07, 6.45) is 1.53. The Bertz CT molecular complexity index is 1440. The third-order valence-electron chi connectivity index (χ3n) is 5.45. The number of amides is 3. The van der Waals surface area contributed by atoms with Gasteiger partial charge in [0.1, 0.15) is 0 Å². The second-order valence-corrected chi connectivity index (χ2v) is 10.4. The van der Waals surface area contributed by atoms with Gasteiger partial charge in [-0.15, -0.1) is 0 Å². The van der Waals surface area contributed by atoms with Crippen LogP contribution in [0.4, 0.5) is 10.5 Å². The van der Waals surface area contributed by atoms with Crippen molar-refractivity contribution in [2.75, 3.05) is 19.0 Å². The average Bonchev–Trinajstić information content (AvgIpc) is 3.12. The van der Waals surface area contributed by atoms with Crippen molar-refractivity contribution < 1.29 is 23.9 Å². The summed E-state index contributed by atoms with van der Waals surface area (Å²) < 4.78 is 11.0. The van der Waals surface area contributed by atoms with E-state index in [1.54, 1.807) is 36.4 Å². The number of nitrogens with zero attached hydrogens (tertiary/aromatic N) is 1. The number of methoxy groups -OCH3 is 1. The molecule has 0 radical (unpaired) electrons. The van der Waals surface area contributed by atoms with Crippen LogP contribution in [0.15, 0.2) is 59.5 Å². The van der Waals surface area contributed by atoms with E-state index < -0.39 is 11.1 Å². The normalized spacial score (nSPS) is 14.2. The molecule has 11 heteroatoms. The van der Waals surface area contributed by atoms with Crippen molar-refractivity contribution in [3.05, 3.63) is 91.3 Å². The molecule has 0 saturated carbocycles. The fourth-order valence-electron chi connectivity index (χ4n) is 3.65. The molecule has 38 heavy (non-hydrogen) atoms. The number of carbonyl (C=O) groups excluding carboxylic acids is 3. The van der Waals surface area contributed by atoms with Crippen molar-refractivity contribution in [3.8, 4) is 11.5 Å². The number of benzene rings is 3. The molecule has 3 aromatic rings. The number of nitrogens with one attached hydrogen (secondary N) is 1. The largest absolute Gasteiger partial charge is 0.493 e. The van der Waals surface area contributed by atoms with Crippen molar-refractivity contribution >= 4 is 75.4 Å². The molecular formula is C27H21Cl3N2O5S. The molecule has 3 aromatic carbocycles. The van der Waals surface area contributed by atoms with E-state index in [0.717, 1.165) is 22.2 Å². The highest BCUT2D eigenvalue weighted by Gasteiger charge is 2.36. The molecule has 0 spiro atoms. The Morgan fingerprint density at radius 3 is 2.42 bits per heavy atom. The van der Waals surface area contributed by atoms with Gasteiger partial charge in [-0.1, -0.05) is 53.0 Å². The molecule has 0 unspecified atom stereocenters. The minimum atomic E-state index is -0.487. The Hall–Kier alpha value is -3.17. The molecule has 1 heterocycles. The highest BCUT2D eigenvalue weighted by molar-refractivity contribution is 8.18. The number of hydrogen-bond acceptors (Lipinski definition) is 6. The van der Waals surface area contributed by atoms with Gasteiger partial charge in [-0.2, -0.15) is 0 Å². The monoisotopic (exact) mass is 590 g/mol. The van der Waals surface area contributed by atoms with Crippen molar-refractivity contribution in [3.63, 3.8) is 0 Å². The molecule has 1 aliphatic rings. The van der Waals surface area contributed by atoms with Gasteiger partial charge in [-0.05, 0) is 72.3 Å². The van der Waals surface area contributed by atoms with Crippen LogP contribution in [-0.2, 0) is 16.1 Å². The van der Waals surface area contributed by atoms with Crippen LogP contribution in [0.5, 0.6) is 11.5 Å². The van der Waals surface area contributed by atoms with Gasteiger partial charge in [-0.3, -0.25) is 19.3 Å². The van der Waals surface area contributed by atoms with Crippen LogP contribution in [0.25, 0.3) is 6.08 Å². The predicted molar refractivity (Wildman–Crippen MR) is 151 cm³/mol. The molecular weight excluding hydrogens is 571 g/mol. The summed E-state index contributed by atoms with van der Waals surface area (Å²) in [5.74, 6) is -0.425. The maximum Gasteiger partial charge on any atom is 0.293 e. The van der Waals surface area contributed by atoms with Crippen molar-refractivity contribution in [2.24, 2.45) is 0 Å². The Morgan fingerprint density at radius 2 is 1.74 bits per heavy atom. The van der Waals surface area contributed by atoms with Gasteiger partial charge < -0.3 is 14.8 Å². The van der Waals surface area contributed by atoms with Gasteiger partial charge in [0, 0.05) is 21.3 Å². The Morgan fingerprint density at radius 1 is 1.03 bits per heavy atom. The zero-order chi connectivity index (χ0) is 27.4. The molecule has 0 aliphatic carbocycles. The SMILES string of the molecule is COc1cc(/C=C2\SC(=O)N(Cc3c(Cl)cccc3Cl)C2=O)cc(Cl)c1OCC(=O)Nc1cccc(C)c1. The Labute approximate surface area is 238 Å².